The van der Waals surface area contributed by atoms with E-state index in [-0.39, 0.29) is 12.1 Å². The molecule has 0 bridgehead atoms. The molecule has 6 heteroatoms. The van der Waals surface area contributed by atoms with E-state index in [4.69, 9.17) is 4.74 Å². The van der Waals surface area contributed by atoms with E-state index in [1.165, 1.54) is 12.7 Å². The van der Waals surface area contributed by atoms with E-state index in [1.807, 2.05) is 29.2 Å². The highest BCUT2D eigenvalue weighted by Gasteiger charge is 2.28. The van der Waals surface area contributed by atoms with Crippen molar-refractivity contribution in [1.82, 2.24) is 4.90 Å². The smallest absolute Gasteiger partial charge is 0.337 e. The first-order chi connectivity index (χ1) is 15.2. The molecule has 2 amide bonds. The quantitative estimate of drug-likeness (QED) is 0.711. The number of amides is 2. The first-order valence-electron chi connectivity index (χ1n) is 11.2. The van der Waals surface area contributed by atoms with Gasteiger partial charge in [0.25, 0.3) is 0 Å². The van der Waals surface area contributed by atoms with Crippen LogP contribution >= 0.6 is 0 Å². The number of ether oxygens (including phenoxy) is 1. The number of hydrogen-bond donors (Lipinski definition) is 1. The molecule has 0 spiro atoms. The zero-order chi connectivity index (χ0) is 21.6. The third-order valence-corrected chi connectivity index (χ3v) is 6.31. The molecule has 31 heavy (non-hydrogen) atoms. The van der Waals surface area contributed by atoms with Crippen LogP contribution in [0.3, 0.4) is 0 Å². The maximum atomic E-state index is 13.4. The van der Waals surface area contributed by atoms with E-state index < -0.39 is 5.97 Å². The van der Waals surface area contributed by atoms with Crippen LogP contribution in [0.25, 0.3) is 0 Å². The van der Waals surface area contributed by atoms with E-state index in [0.717, 1.165) is 63.8 Å². The van der Waals surface area contributed by atoms with Gasteiger partial charge in [-0.2, -0.15) is 0 Å². The van der Waals surface area contributed by atoms with Crippen LogP contribution in [0.4, 0.5) is 16.2 Å². The van der Waals surface area contributed by atoms with Crippen LogP contribution in [0.1, 0.15) is 48.0 Å². The Bertz CT molecular complexity index is 909. The highest BCUT2D eigenvalue weighted by Crippen LogP contribution is 2.31. The number of carbonyl (C=O) groups excluding carboxylic acids is 2. The summed E-state index contributed by atoms with van der Waals surface area (Å²) in [6, 6.07) is 15.9. The second-order valence-electron chi connectivity index (χ2n) is 8.38. The van der Waals surface area contributed by atoms with Crippen LogP contribution in [0, 0.1) is 0 Å². The Morgan fingerprint density at radius 1 is 1.00 bits per heavy atom. The lowest BCUT2D eigenvalue weighted by molar-refractivity contribution is 0.0600. The monoisotopic (exact) mass is 421 g/mol. The van der Waals surface area contributed by atoms with Gasteiger partial charge in [0, 0.05) is 25.7 Å². The molecule has 0 aliphatic carbocycles. The van der Waals surface area contributed by atoms with Crippen LogP contribution in [0.15, 0.2) is 48.5 Å². The van der Waals surface area contributed by atoms with Crippen LogP contribution in [0.5, 0.6) is 0 Å². The molecule has 6 nitrogen and oxygen atoms in total. The minimum absolute atomic E-state index is 0.0944. The van der Waals surface area contributed by atoms with E-state index in [2.05, 4.69) is 22.3 Å². The molecule has 1 unspecified atom stereocenters. The Labute approximate surface area is 184 Å². The summed E-state index contributed by atoms with van der Waals surface area (Å²) < 4.78 is 4.89. The largest absolute Gasteiger partial charge is 0.465 e. The van der Waals surface area contributed by atoms with Crippen molar-refractivity contribution in [2.45, 2.75) is 44.6 Å². The average molecular weight is 422 g/mol. The predicted octanol–water partition coefficient (Wildman–Crippen LogP) is 4.70. The van der Waals surface area contributed by atoms with E-state index in [9.17, 15) is 9.59 Å². The molecule has 4 rings (SSSR count). The summed E-state index contributed by atoms with van der Waals surface area (Å²) in [5.74, 6) is -0.400. The van der Waals surface area contributed by atoms with Gasteiger partial charge in [0.05, 0.1) is 24.0 Å². The van der Waals surface area contributed by atoms with Gasteiger partial charge in [0.2, 0.25) is 0 Å². The van der Waals surface area contributed by atoms with Crippen molar-refractivity contribution in [2.75, 3.05) is 37.0 Å². The van der Waals surface area contributed by atoms with Gasteiger partial charge in [-0.25, -0.2) is 9.59 Å². The number of carbonyl (C=O) groups is 2. The van der Waals surface area contributed by atoms with Gasteiger partial charge in [-0.15, -0.1) is 0 Å². The maximum absolute atomic E-state index is 13.4. The Hall–Kier alpha value is -3.02. The molecule has 2 aromatic rings. The molecule has 0 radical (unpaired) electrons. The average Bonchev–Trinajstić information content (AvgIpc) is 3.34. The lowest BCUT2D eigenvalue weighted by atomic mass is 9.96. The molecular formula is C25H31N3O3. The van der Waals surface area contributed by atoms with Gasteiger partial charge in [-0.3, -0.25) is 0 Å². The molecule has 1 atom stereocenters. The Kier molecular flexibility index (Phi) is 6.75. The summed E-state index contributed by atoms with van der Waals surface area (Å²) in [6.45, 7) is 2.67. The summed E-state index contributed by atoms with van der Waals surface area (Å²) >= 11 is 0. The number of rotatable bonds is 5. The molecule has 2 aromatic carbocycles. The van der Waals surface area contributed by atoms with Gasteiger partial charge in [-0.1, -0.05) is 30.3 Å². The third kappa shape index (κ3) is 5.01. The Morgan fingerprint density at radius 2 is 1.74 bits per heavy atom. The molecule has 2 fully saturated rings. The zero-order valence-corrected chi connectivity index (χ0v) is 18.2. The summed E-state index contributed by atoms with van der Waals surface area (Å²) in [4.78, 5) is 29.7. The number of nitrogens with one attached hydrogen (secondary N) is 1. The van der Waals surface area contributed by atoms with Gasteiger partial charge < -0.3 is 19.9 Å². The summed E-state index contributed by atoms with van der Waals surface area (Å²) in [7, 11) is 1.37. The van der Waals surface area contributed by atoms with Gasteiger partial charge in [0.1, 0.15) is 0 Å². The van der Waals surface area contributed by atoms with Crippen LogP contribution in [-0.4, -0.2) is 49.7 Å². The minimum atomic E-state index is -0.400. The molecule has 0 aromatic heterocycles. The highest BCUT2D eigenvalue weighted by atomic mass is 16.5. The molecule has 2 aliphatic heterocycles. The molecule has 2 saturated heterocycles. The van der Waals surface area contributed by atoms with Crippen molar-refractivity contribution in [2.24, 2.45) is 0 Å². The van der Waals surface area contributed by atoms with E-state index >= 15 is 0 Å². The van der Waals surface area contributed by atoms with Gasteiger partial charge in [0.15, 0.2) is 0 Å². The fraction of sp³-hybridized carbons (Fsp3) is 0.440. The molecule has 2 aliphatic rings. The van der Waals surface area contributed by atoms with Crippen LogP contribution in [-0.2, 0) is 11.2 Å². The Balaban J connectivity index is 1.55. The van der Waals surface area contributed by atoms with Crippen molar-refractivity contribution in [3.63, 3.8) is 0 Å². The lowest BCUT2D eigenvalue weighted by Crippen LogP contribution is -2.47. The van der Waals surface area contributed by atoms with E-state index in [0.29, 0.717) is 11.3 Å². The fourth-order valence-corrected chi connectivity index (χ4v) is 4.67. The Morgan fingerprint density at radius 3 is 2.48 bits per heavy atom. The number of likely N-dealkylation sites (tertiary alicyclic amines) is 1. The lowest BCUT2D eigenvalue weighted by Gasteiger charge is -2.36. The number of hydrogen-bond acceptors (Lipinski definition) is 4. The summed E-state index contributed by atoms with van der Waals surface area (Å²) in [5, 5.41) is 3.13. The van der Waals surface area contributed by atoms with Crippen molar-refractivity contribution in [3.8, 4) is 0 Å². The molecule has 164 valence electrons. The van der Waals surface area contributed by atoms with Gasteiger partial charge in [-0.05, 0) is 62.3 Å². The predicted molar refractivity (Wildman–Crippen MR) is 123 cm³/mol. The molecule has 1 N–H and O–H groups in total. The normalized spacial score (nSPS) is 18.7. The first kappa shape index (κ1) is 21.2. The van der Waals surface area contributed by atoms with Crippen LogP contribution in [0.2, 0.25) is 0 Å². The molecular weight excluding hydrogens is 390 g/mol. The molecule has 2 heterocycles. The SMILES string of the molecule is COC(=O)c1ccc(N2CCCC2)c(NC(=O)N2CCCCC2Cc2ccccc2)c1. The number of piperidine rings is 1. The third-order valence-electron chi connectivity index (χ3n) is 6.31. The standard InChI is InChI=1S/C25H31N3O3/c1-31-24(29)20-12-13-23(27-14-7-8-15-27)22(18-20)26-25(30)28-16-6-5-11-21(28)17-19-9-3-2-4-10-19/h2-4,9-10,12-13,18,21H,5-8,11,14-17H2,1H3,(H,26,30). The van der Waals surface area contributed by atoms with Crippen molar-refractivity contribution < 1.29 is 14.3 Å². The summed E-state index contributed by atoms with van der Waals surface area (Å²) in [5.41, 5.74) is 3.34. The number of nitrogens with zero attached hydrogens (tertiary/aromatic N) is 2. The van der Waals surface area contributed by atoms with Gasteiger partial charge >= 0.3 is 12.0 Å². The number of urea groups is 1. The number of anilines is 2. The summed E-state index contributed by atoms with van der Waals surface area (Å²) in [6.07, 6.45) is 6.28. The second-order valence-corrected chi connectivity index (χ2v) is 8.38. The first-order valence-corrected chi connectivity index (χ1v) is 11.2. The zero-order valence-electron chi connectivity index (χ0n) is 18.2. The topological polar surface area (TPSA) is 61.9 Å². The number of benzene rings is 2. The van der Waals surface area contributed by atoms with Crippen LogP contribution < -0.4 is 10.2 Å². The van der Waals surface area contributed by atoms with Crippen molar-refractivity contribution >= 4 is 23.4 Å². The number of esters is 1. The van der Waals surface area contributed by atoms with E-state index in [1.54, 1.807) is 12.1 Å². The molecule has 0 saturated carbocycles. The fourth-order valence-electron chi connectivity index (χ4n) is 4.67. The van der Waals surface area contributed by atoms with Crippen molar-refractivity contribution in [3.05, 3.63) is 59.7 Å². The van der Waals surface area contributed by atoms with Crippen molar-refractivity contribution in [1.29, 1.82) is 0 Å². The highest BCUT2D eigenvalue weighted by molar-refractivity contribution is 5.97. The second kappa shape index (κ2) is 9.86. The number of methoxy groups -OCH3 is 1. The minimum Gasteiger partial charge on any atom is -0.465 e. The maximum Gasteiger partial charge on any atom is 0.337 e.